The molecule has 0 radical (unpaired) electrons. The lowest BCUT2D eigenvalue weighted by Gasteiger charge is -2.05. The van der Waals surface area contributed by atoms with Gasteiger partial charge in [-0.25, -0.2) is 9.97 Å². The number of aryl methyl sites for hydroxylation is 1. The van der Waals surface area contributed by atoms with E-state index >= 15 is 0 Å². The molecule has 0 unspecified atom stereocenters. The van der Waals surface area contributed by atoms with Gasteiger partial charge >= 0.3 is 0 Å². The summed E-state index contributed by atoms with van der Waals surface area (Å²) < 4.78 is 1.95. The first-order chi connectivity index (χ1) is 8.85. The highest BCUT2D eigenvalue weighted by Gasteiger charge is 2.10. The molecule has 0 aromatic carbocycles. The molecule has 0 bridgehead atoms. The van der Waals surface area contributed by atoms with Crippen molar-refractivity contribution in [3.63, 3.8) is 0 Å². The molecular weight excluding hydrogens is 274 g/mol. The molecule has 0 saturated heterocycles. The zero-order chi connectivity index (χ0) is 14.0. The summed E-state index contributed by atoms with van der Waals surface area (Å²) in [6.45, 7) is 8.59. The van der Waals surface area contributed by atoms with Crippen LogP contribution < -0.4 is 0 Å². The minimum atomic E-state index is -1.41. The van der Waals surface area contributed by atoms with E-state index in [9.17, 15) is 0 Å². The fraction of sp³-hybridized carbons (Fsp3) is 0.286. The smallest absolute Gasteiger partial charge is 0.189 e. The molecule has 0 aliphatic carbocycles. The predicted molar refractivity (Wildman–Crippen MR) is 81.3 cm³/mol. The van der Waals surface area contributed by atoms with E-state index in [1.54, 1.807) is 12.3 Å². The first-order valence-electron chi connectivity index (χ1n) is 6.06. The molecular formula is C14H16ClN3Si. The van der Waals surface area contributed by atoms with E-state index in [1.165, 1.54) is 0 Å². The fourth-order valence-electron chi connectivity index (χ4n) is 1.54. The van der Waals surface area contributed by atoms with Crippen LogP contribution in [0.2, 0.25) is 24.8 Å². The minimum Gasteiger partial charge on any atom is -0.291 e. The molecule has 5 heteroatoms. The molecule has 2 heterocycles. The molecule has 19 heavy (non-hydrogen) atoms. The van der Waals surface area contributed by atoms with Gasteiger partial charge in [0.05, 0.1) is 17.6 Å². The van der Waals surface area contributed by atoms with E-state index in [0.717, 1.165) is 17.2 Å². The molecule has 0 spiro atoms. The molecule has 0 saturated carbocycles. The van der Waals surface area contributed by atoms with E-state index in [2.05, 4.69) is 41.1 Å². The first-order valence-corrected chi connectivity index (χ1v) is 9.94. The molecule has 0 aliphatic heterocycles. The summed E-state index contributed by atoms with van der Waals surface area (Å²) >= 11 is 5.81. The number of rotatable bonds is 1. The van der Waals surface area contributed by atoms with Crippen molar-refractivity contribution in [3.8, 4) is 17.2 Å². The number of hydrogen-bond donors (Lipinski definition) is 0. The Morgan fingerprint density at radius 3 is 2.58 bits per heavy atom. The average molecular weight is 290 g/mol. The number of imidazole rings is 1. The second kappa shape index (κ2) is 5.20. The van der Waals surface area contributed by atoms with Crippen LogP contribution in [-0.4, -0.2) is 22.6 Å². The number of pyridine rings is 1. The summed E-state index contributed by atoms with van der Waals surface area (Å²) in [6, 6.07) is 3.68. The van der Waals surface area contributed by atoms with Gasteiger partial charge in [-0.2, -0.15) is 0 Å². The van der Waals surface area contributed by atoms with E-state index < -0.39 is 8.07 Å². The van der Waals surface area contributed by atoms with Crippen LogP contribution in [0.3, 0.4) is 0 Å². The van der Waals surface area contributed by atoms with Crippen molar-refractivity contribution < 1.29 is 0 Å². The highest BCUT2D eigenvalue weighted by molar-refractivity contribution is 6.83. The van der Waals surface area contributed by atoms with Crippen LogP contribution in [-0.2, 0) is 0 Å². The third-order valence-corrected chi connectivity index (χ3v) is 3.46. The van der Waals surface area contributed by atoms with E-state index in [1.807, 2.05) is 23.8 Å². The van der Waals surface area contributed by atoms with Crippen molar-refractivity contribution in [2.75, 3.05) is 0 Å². The molecule has 2 aromatic rings. The van der Waals surface area contributed by atoms with Gasteiger partial charge in [0.1, 0.15) is 13.2 Å². The van der Waals surface area contributed by atoms with E-state index in [4.69, 9.17) is 11.6 Å². The van der Waals surface area contributed by atoms with Gasteiger partial charge in [-0.3, -0.25) is 4.57 Å². The second-order valence-electron chi connectivity index (χ2n) is 5.42. The van der Waals surface area contributed by atoms with E-state index in [-0.39, 0.29) is 0 Å². The van der Waals surface area contributed by atoms with Crippen LogP contribution in [0.1, 0.15) is 11.5 Å². The lowest BCUT2D eigenvalue weighted by atomic mass is 10.4. The maximum absolute atomic E-state index is 5.81. The number of halogens is 1. The van der Waals surface area contributed by atoms with Gasteiger partial charge in [0.2, 0.25) is 0 Å². The number of nitrogens with zero attached hydrogens (tertiary/aromatic N) is 3. The van der Waals surface area contributed by atoms with Crippen LogP contribution in [0.5, 0.6) is 0 Å². The van der Waals surface area contributed by atoms with Crippen molar-refractivity contribution in [3.05, 3.63) is 41.2 Å². The molecule has 0 fully saturated rings. The monoisotopic (exact) mass is 289 g/mol. The Kier molecular flexibility index (Phi) is 3.79. The SMILES string of the molecule is Cc1cn(-c2ccc(Cl)nc2)c(C#C[Si](C)(C)C)n1. The minimum absolute atomic E-state index is 0.482. The Morgan fingerprint density at radius 2 is 2.00 bits per heavy atom. The van der Waals surface area contributed by atoms with Gasteiger partial charge in [0.25, 0.3) is 0 Å². The molecule has 2 aromatic heterocycles. The van der Waals surface area contributed by atoms with E-state index in [0.29, 0.717) is 5.15 Å². The lowest BCUT2D eigenvalue weighted by Crippen LogP contribution is -2.16. The van der Waals surface area contributed by atoms with Gasteiger partial charge in [0.15, 0.2) is 5.82 Å². The summed E-state index contributed by atoms with van der Waals surface area (Å²) in [5.41, 5.74) is 5.19. The molecule has 0 atom stereocenters. The first kappa shape index (κ1) is 13.8. The molecule has 0 aliphatic rings. The van der Waals surface area contributed by atoms with Gasteiger partial charge in [-0.15, -0.1) is 5.54 Å². The van der Waals surface area contributed by atoms with Crippen LogP contribution in [0.25, 0.3) is 5.69 Å². The Labute approximate surface area is 119 Å². The van der Waals surface area contributed by atoms with Crippen molar-refractivity contribution in [1.29, 1.82) is 0 Å². The topological polar surface area (TPSA) is 30.7 Å². The van der Waals surface area contributed by atoms with Crippen LogP contribution in [0, 0.1) is 18.4 Å². The van der Waals surface area contributed by atoms with Crippen molar-refractivity contribution in [2.24, 2.45) is 0 Å². The van der Waals surface area contributed by atoms with Crippen molar-refractivity contribution >= 4 is 19.7 Å². The third kappa shape index (κ3) is 3.69. The quantitative estimate of drug-likeness (QED) is 0.457. The van der Waals surface area contributed by atoms with Crippen LogP contribution >= 0.6 is 11.6 Å². The van der Waals surface area contributed by atoms with Crippen molar-refractivity contribution in [2.45, 2.75) is 26.6 Å². The lowest BCUT2D eigenvalue weighted by molar-refractivity contribution is 1.01. The molecule has 98 valence electrons. The highest BCUT2D eigenvalue weighted by atomic mass is 35.5. The van der Waals surface area contributed by atoms with Crippen LogP contribution in [0.15, 0.2) is 24.5 Å². The maximum atomic E-state index is 5.81. The van der Waals surface area contributed by atoms with Gasteiger partial charge in [0, 0.05) is 6.20 Å². The average Bonchev–Trinajstić information content (AvgIpc) is 2.68. The Balaban J connectivity index is 2.46. The van der Waals surface area contributed by atoms with Gasteiger partial charge < -0.3 is 0 Å². The zero-order valence-corrected chi connectivity index (χ0v) is 13.3. The fourth-order valence-corrected chi connectivity index (χ4v) is 2.14. The number of aromatic nitrogens is 3. The molecule has 2 rings (SSSR count). The molecule has 0 amide bonds. The zero-order valence-electron chi connectivity index (χ0n) is 11.5. The number of hydrogen-bond acceptors (Lipinski definition) is 2. The third-order valence-electron chi connectivity index (χ3n) is 2.37. The van der Waals surface area contributed by atoms with Gasteiger partial charge in [-0.05, 0) is 25.0 Å². The normalized spacial score (nSPS) is 11.0. The molecule has 0 N–H and O–H groups in total. The summed E-state index contributed by atoms with van der Waals surface area (Å²) in [4.78, 5) is 8.56. The van der Waals surface area contributed by atoms with Gasteiger partial charge in [-0.1, -0.05) is 31.2 Å². The van der Waals surface area contributed by atoms with Crippen LogP contribution in [0.4, 0.5) is 0 Å². The summed E-state index contributed by atoms with van der Waals surface area (Å²) in [6.07, 6.45) is 3.68. The predicted octanol–water partition coefficient (Wildman–Crippen LogP) is 3.46. The Bertz CT molecular complexity index is 642. The van der Waals surface area contributed by atoms with Crippen molar-refractivity contribution in [1.82, 2.24) is 14.5 Å². The summed E-state index contributed by atoms with van der Waals surface area (Å²) in [7, 11) is -1.41. The molecule has 3 nitrogen and oxygen atoms in total. The Morgan fingerprint density at radius 1 is 1.26 bits per heavy atom. The summed E-state index contributed by atoms with van der Waals surface area (Å²) in [5, 5.41) is 0.482. The Hall–Kier alpha value is -1.57. The summed E-state index contributed by atoms with van der Waals surface area (Å²) in [5.74, 6) is 3.94. The maximum Gasteiger partial charge on any atom is 0.189 e. The second-order valence-corrected chi connectivity index (χ2v) is 10.6. The largest absolute Gasteiger partial charge is 0.291 e. The highest BCUT2D eigenvalue weighted by Crippen LogP contribution is 2.13. The standard InChI is InChI=1S/C14H16ClN3Si/c1-11-10-18(12-5-6-13(15)16-9-12)14(17-11)7-8-19(2,3)4/h5-6,9-10H,1-4H3.